The van der Waals surface area contributed by atoms with E-state index in [0.717, 1.165) is 17.3 Å². The van der Waals surface area contributed by atoms with Gasteiger partial charge in [0.2, 0.25) is 0 Å². The predicted molar refractivity (Wildman–Crippen MR) is 124 cm³/mol. The Labute approximate surface area is 190 Å². The van der Waals surface area contributed by atoms with Crippen molar-refractivity contribution in [2.75, 3.05) is 25.5 Å². The van der Waals surface area contributed by atoms with Gasteiger partial charge in [-0.15, -0.1) is 0 Å². The first kappa shape index (κ1) is 21.0. The average Bonchev–Trinajstić information content (AvgIpc) is 3.03. The Morgan fingerprint density at radius 1 is 1.10 bits per heavy atom. The first-order valence-corrected chi connectivity index (χ1v) is 12.1. The fourth-order valence-corrected chi connectivity index (χ4v) is 6.48. The maximum atomic E-state index is 12.6. The minimum atomic E-state index is -0.611. The van der Waals surface area contributed by atoms with E-state index in [-0.39, 0.29) is 24.0 Å². The van der Waals surface area contributed by atoms with Crippen LogP contribution in [0.4, 0.5) is 5.69 Å². The molecule has 0 amide bonds. The zero-order chi connectivity index (χ0) is 21.7. The van der Waals surface area contributed by atoms with Crippen LogP contribution in [0.1, 0.15) is 44.1 Å². The third kappa shape index (κ3) is 3.69. The Morgan fingerprint density at radius 3 is 2.48 bits per heavy atom. The molecule has 0 radical (unpaired) electrons. The predicted octanol–water partition coefficient (Wildman–Crippen LogP) is 2.78. The summed E-state index contributed by atoms with van der Waals surface area (Å²) < 4.78 is 5.69. The second-order valence-corrected chi connectivity index (χ2v) is 10.3. The van der Waals surface area contributed by atoms with Crippen LogP contribution < -0.4 is 4.90 Å². The van der Waals surface area contributed by atoms with E-state index in [1.54, 1.807) is 0 Å². The summed E-state index contributed by atoms with van der Waals surface area (Å²) in [5.41, 5.74) is 2.33. The van der Waals surface area contributed by atoms with E-state index in [1.807, 2.05) is 14.1 Å². The summed E-state index contributed by atoms with van der Waals surface area (Å²) in [7, 11) is 4.07. The van der Waals surface area contributed by atoms with Gasteiger partial charge >= 0.3 is 5.97 Å². The zero-order valence-electron chi connectivity index (χ0n) is 18.4. The monoisotopic (exact) mass is 443 g/mol. The Hall–Kier alpha value is -1.86. The minimum absolute atomic E-state index is 0.0186. The first-order chi connectivity index (χ1) is 14.9. The number of thiocarbonyl (C=S) groups is 1. The Kier molecular flexibility index (Phi) is 5.59. The van der Waals surface area contributed by atoms with Gasteiger partial charge < -0.3 is 24.5 Å². The molecule has 2 aliphatic carbocycles. The first-order valence-electron chi connectivity index (χ1n) is 11.7. The van der Waals surface area contributed by atoms with Crippen molar-refractivity contribution >= 4 is 29.0 Å². The van der Waals surface area contributed by atoms with Gasteiger partial charge in [0, 0.05) is 32.9 Å². The fraction of sp³-hybridized carbons (Fsp3) is 0.667. The molecule has 3 heterocycles. The number of aliphatic hydroxyl groups is 1. The summed E-state index contributed by atoms with van der Waals surface area (Å²) in [5.74, 6) is 0.172. The van der Waals surface area contributed by atoms with E-state index in [0.29, 0.717) is 18.9 Å². The Bertz CT molecular complexity index is 839. The second-order valence-electron chi connectivity index (χ2n) is 9.92. The number of hydrogen-bond donors (Lipinski definition) is 1. The number of ether oxygens (including phenoxy) is 1. The maximum Gasteiger partial charge on any atom is 0.311 e. The smallest absolute Gasteiger partial charge is 0.311 e. The maximum absolute atomic E-state index is 12.6. The van der Waals surface area contributed by atoms with E-state index in [4.69, 9.17) is 17.0 Å². The van der Waals surface area contributed by atoms with Crippen LogP contribution in [0.5, 0.6) is 0 Å². The van der Waals surface area contributed by atoms with Gasteiger partial charge in [0.25, 0.3) is 0 Å². The lowest BCUT2D eigenvalue weighted by molar-refractivity contribution is -0.199. The number of esters is 1. The summed E-state index contributed by atoms with van der Waals surface area (Å²) >= 11 is 6.02. The molecule has 1 N–H and O–H groups in total. The van der Waals surface area contributed by atoms with Crippen molar-refractivity contribution in [2.45, 2.75) is 69.4 Å². The van der Waals surface area contributed by atoms with Crippen LogP contribution in [-0.2, 0) is 16.1 Å². The summed E-state index contributed by atoms with van der Waals surface area (Å²) in [5, 5.41) is 11.5. The van der Waals surface area contributed by atoms with Crippen LogP contribution in [0.3, 0.4) is 0 Å². The van der Waals surface area contributed by atoms with Gasteiger partial charge in [0.05, 0.1) is 24.1 Å². The molecule has 1 aromatic rings. The molecule has 0 spiro atoms. The summed E-state index contributed by atoms with van der Waals surface area (Å²) in [4.78, 5) is 19.3. The van der Waals surface area contributed by atoms with Gasteiger partial charge in [-0.1, -0.05) is 31.4 Å². The van der Waals surface area contributed by atoms with Gasteiger partial charge in [-0.05, 0) is 55.1 Å². The largest absolute Gasteiger partial charge is 0.457 e. The molecular weight excluding hydrogens is 410 g/mol. The molecule has 3 saturated heterocycles. The van der Waals surface area contributed by atoms with Crippen molar-refractivity contribution in [1.82, 2.24) is 9.80 Å². The lowest BCUT2D eigenvalue weighted by atomic mass is 9.74. The lowest BCUT2D eigenvalue weighted by Gasteiger charge is -2.49. The normalized spacial score (nSPS) is 32.9. The van der Waals surface area contributed by atoms with Gasteiger partial charge in [-0.25, -0.2) is 0 Å². The molecule has 2 bridgehead atoms. The molecule has 5 aliphatic rings. The Morgan fingerprint density at radius 2 is 1.81 bits per heavy atom. The number of anilines is 1. The number of carbonyl (C=O) groups is 1. The highest BCUT2D eigenvalue weighted by molar-refractivity contribution is 7.80. The van der Waals surface area contributed by atoms with Crippen LogP contribution in [0, 0.1) is 11.8 Å². The molecule has 168 valence electrons. The van der Waals surface area contributed by atoms with Crippen LogP contribution >= 0.6 is 12.2 Å². The molecule has 0 aromatic heterocycles. The van der Waals surface area contributed by atoms with E-state index in [1.165, 1.54) is 37.7 Å². The van der Waals surface area contributed by atoms with Crippen molar-refractivity contribution in [2.24, 2.45) is 11.8 Å². The molecule has 2 saturated carbocycles. The van der Waals surface area contributed by atoms with E-state index < -0.39 is 12.2 Å². The lowest BCUT2D eigenvalue weighted by Crippen LogP contribution is -2.66. The SMILES string of the molecule is CN(C)c1ccc(CN2C(=S)N(CC3CCCCC3)[C@H]3[C@@H]2[C@H]2OC(=O)[C@@H]3C[C@H]2O)cc1. The fourth-order valence-electron chi connectivity index (χ4n) is 6.10. The highest BCUT2D eigenvalue weighted by Gasteiger charge is 2.62. The molecular formula is C24H33N3O3S. The highest BCUT2D eigenvalue weighted by Crippen LogP contribution is 2.45. The molecule has 1 aromatic carbocycles. The molecule has 31 heavy (non-hydrogen) atoms. The second kappa shape index (κ2) is 8.24. The summed E-state index contributed by atoms with van der Waals surface area (Å²) in [6.07, 6.45) is 5.75. The number of nitrogens with zero attached hydrogens (tertiary/aromatic N) is 3. The number of benzene rings is 1. The third-order valence-corrected chi connectivity index (χ3v) is 8.19. The van der Waals surface area contributed by atoms with Crippen LogP contribution in [0.2, 0.25) is 0 Å². The number of rotatable bonds is 5. The average molecular weight is 444 g/mol. The molecule has 0 unspecified atom stereocenters. The molecule has 7 heteroatoms. The molecule has 6 rings (SSSR count). The van der Waals surface area contributed by atoms with Crippen LogP contribution in [0.15, 0.2) is 24.3 Å². The molecule has 5 atom stereocenters. The van der Waals surface area contributed by atoms with Crippen molar-refractivity contribution in [3.05, 3.63) is 29.8 Å². The summed E-state index contributed by atoms with van der Waals surface area (Å²) in [6, 6.07) is 8.46. The standard InChI is InChI=1S/C24H33N3O3S/c1-25(2)17-10-8-16(9-11-17)14-27-21-20(18-12-19(28)22(21)30-23(18)29)26(24(27)31)13-15-6-4-3-5-7-15/h8-11,15,18-22,28H,3-7,12-14H2,1-2H3/t18-,19-,20-,21-,22+/m1/s1. The number of carbonyl (C=O) groups excluding carboxylic acids is 1. The molecule has 5 fully saturated rings. The third-order valence-electron chi connectivity index (χ3n) is 7.72. The van der Waals surface area contributed by atoms with Crippen molar-refractivity contribution in [1.29, 1.82) is 0 Å². The highest BCUT2D eigenvalue weighted by atomic mass is 32.1. The van der Waals surface area contributed by atoms with Crippen molar-refractivity contribution < 1.29 is 14.6 Å². The van der Waals surface area contributed by atoms with E-state index in [2.05, 4.69) is 39.0 Å². The van der Waals surface area contributed by atoms with Gasteiger partial charge in [-0.2, -0.15) is 0 Å². The number of aliphatic hydroxyl groups excluding tert-OH is 1. The number of hydrogen-bond acceptors (Lipinski definition) is 5. The van der Waals surface area contributed by atoms with Crippen LogP contribution in [0.25, 0.3) is 0 Å². The quantitative estimate of drug-likeness (QED) is 0.555. The Balaban J connectivity index is 1.43. The number of fused-ring (bicyclic) bond motifs is 2. The topological polar surface area (TPSA) is 56.2 Å². The van der Waals surface area contributed by atoms with Gasteiger partial charge in [0.15, 0.2) is 5.11 Å². The van der Waals surface area contributed by atoms with Crippen LogP contribution in [-0.4, -0.2) is 70.9 Å². The van der Waals surface area contributed by atoms with E-state index >= 15 is 0 Å². The van der Waals surface area contributed by atoms with Crippen molar-refractivity contribution in [3.8, 4) is 0 Å². The van der Waals surface area contributed by atoms with Crippen molar-refractivity contribution in [3.63, 3.8) is 0 Å². The minimum Gasteiger partial charge on any atom is -0.457 e. The van der Waals surface area contributed by atoms with Gasteiger partial charge in [-0.3, -0.25) is 4.79 Å². The molecule has 3 aliphatic heterocycles. The zero-order valence-corrected chi connectivity index (χ0v) is 19.3. The summed E-state index contributed by atoms with van der Waals surface area (Å²) in [6.45, 7) is 1.59. The van der Waals surface area contributed by atoms with E-state index in [9.17, 15) is 9.90 Å². The molecule has 6 nitrogen and oxygen atoms in total. The van der Waals surface area contributed by atoms with Gasteiger partial charge in [0.1, 0.15) is 6.10 Å².